The number of fused-ring (bicyclic) bond motifs is 1. The number of nitrogens with one attached hydrogen (secondary N) is 1. The van der Waals surface area contributed by atoms with Gasteiger partial charge in [-0.05, 0) is 53.8 Å². The van der Waals surface area contributed by atoms with Crippen LogP contribution in [0.3, 0.4) is 0 Å². The zero-order valence-corrected chi connectivity index (χ0v) is 15.8. The minimum Gasteiger partial charge on any atom is -0.324 e. The molecule has 1 aliphatic carbocycles. The van der Waals surface area contributed by atoms with Crippen LogP contribution in [0.4, 0.5) is 5.69 Å². The lowest BCUT2D eigenvalue weighted by Crippen LogP contribution is -2.52. The van der Waals surface area contributed by atoms with Crippen LogP contribution in [-0.2, 0) is 23.4 Å². The summed E-state index contributed by atoms with van der Waals surface area (Å²) in [5.41, 5.74) is 9.97. The van der Waals surface area contributed by atoms with E-state index in [1.54, 1.807) is 11.8 Å². The number of nitrogens with two attached hydrogens (primary N) is 1. The van der Waals surface area contributed by atoms with Gasteiger partial charge in [0.1, 0.15) is 5.54 Å². The molecule has 0 aromatic heterocycles. The average Bonchev–Trinajstić information content (AvgIpc) is 3.06. The van der Waals surface area contributed by atoms with Crippen LogP contribution >= 0.6 is 11.8 Å². The summed E-state index contributed by atoms with van der Waals surface area (Å²) in [6, 6.07) is 26.4. The van der Waals surface area contributed by atoms with Crippen LogP contribution in [0.5, 0.6) is 0 Å². The van der Waals surface area contributed by atoms with Crippen LogP contribution in [0.2, 0.25) is 0 Å². The molecule has 3 nitrogen and oxygen atoms in total. The van der Waals surface area contributed by atoms with E-state index < -0.39 is 5.54 Å². The number of carbonyl (C=O) groups is 1. The van der Waals surface area contributed by atoms with E-state index in [1.807, 2.05) is 42.5 Å². The van der Waals surface area contributed by atoms with Crippen molar-refractivity contribution < 1.29 is 4.79 Å². The predicted molar refractivity (Wildman–Crippen MR) is 112 cm³/mol. The van der Waals surface area contributed by atoms with Crippen LogP contribution in [-0.4, -0.2) is 11.4 Å². The molecule has 4 rings (SSSR count). The molecule has 0 heterocycles. The van der Waals surface area contributed by atoms with Gasteiger partial charge in [-0.1, -0.05) is 54.6 Å². The lowest BCUT2D eigenvalue weighted by molar-refractivity contribution is -0.120. The molecular formula is C23H22N2OS. The number of carbonyl (C=O) groups excluding carboxylic acids is 1. The van der Waals surface area contributed by atoms with Crippen molar-refractivity contribution in [1.82, 2.24) is 0 Å². The van der Waals surface area contributed by atoms with Gasteiger partial charge in [0.05, 0.1) is 0 Å². The van der Waals surface area contributed by atoms with Crippen LogP contribution in [0.15, 0.2) is 83.8 Å². The third-order valence-corrected chi connectivity index (χ3v) is 6.03. The monoisotopic (exact) mass is 374 g/mol. The SMILES string of the molecule is NC1(C(=O)Nc2ccc(SCc3ccccc3)cc2)Cc2ccccc2C1. The Labute approximate surface area is 164 Å². The summed E-state index contributed by atoms with van der Waals surface area (Å²) < 4.78 is 0. The number of hydrogen-bond donors (Lipinski definition) is 2. The summed E-state index contributed by atoms with van der Waals surface area (Å²) in [5.74, 6) is 0.805. The fourth-order valence-electron chi connectivity index (χ4n) is 3.44. The molecule has 27 heavy (non-hydrogen) atoms. The minimum atomic E-state index is -0.871. The number of amides is 1. The molecule has 1 amide bonds. The molecule has 3 aromatic carbocycles. The number of benzene rings is 3. The van der Waals surface area contributed by atoms with E-state index in [9.17, 15) is 4.79 Å². The van der Waals surface area contributed by atoms with E-state index in [1.165, 1.54) is 21.6 Å². The molecule has 4 heteroatoms. The first-order valence-electron chi connectivity index (χ1n) is 9.06. The van der Waals surface area contributed by atoms with Crippen LogP contribution < -0.4 is 11.1 Å². The second-order valence-electron chi connectivity index (χ2n) is 7.03. The largest absolute Gasteiger partial charge is 0.324 e. The van der Waals surface area contributed by atoms with Crippen molar-refractivity contribution in [3.05, 3.63) is 95.6 Å². The highest BCUT2D eigenvalue weighted by Crippen LogP contribution is 2.30. The van der Waals surface area contributed by atoms with Gasteiger partial charge in [-0.2, -0.15) is 0 Å². The molecule has 1 aliphatic rings. The van der Waals surface area contributed by atoms with Gasteiger partial charge in [0.25, 0.3) is 0 Å². The summed E-state index contributed by atoms with van der Waals surface area (Å²) >= 11 is 1.78. The standard InChI is InChI=1S/C23H22N2OS/c24-23(14-18-8-4-5-9-19(18)15-23)22(26)25-20-10-12-21(13-11-20)27-16-17-6-2-1-3-7-17/h1-13H,14-16,24H2,(H,25,26). The predicted octanol–water partition coefficient (Wildman–Crippen LogP) is 4.41. The molecule has 3 aromatic rings. The maximum atomic E-state index is 12.8. The summed E-state index contributed by atoms with van der Waals surface area (Å²) in [6.07, 6.45) is 1.17. The Morgan fingerprint density at radius 1 is 0.889 bits per heavy atom. The molecule has 0 aliphatic heterocycles. The second-order valence-corrected chi connectivity index (χ2v) is 8.08. The maximum absolute atomic E-state index is 12.8. The van der Waals surface area contributed by atoms with Crippen molar-refractivity contribution in [1.29, 1.82) is 0 Å². The van der Waals surface area contributed by atoms with E-state index in [-0.39, 0.29) is 5.91 Å². The normalized spacial score (nSPS) is 14.6. The first-order valence-corrected chi connectivity index (χ1v) is 10.0. The van der Waals surface area contributed by atoms with Crippen molar-refractivity contribution in [3.63, 3.8) is 0 Å². The number of thioether (sulfide) groups is 1. The molecule has 0 spiro atoms. The van der Waals surface area contributed by atoms with Crippen molar-refractivity contribution in [3.8, 4) is 0 Å². The Morgan fingerprint density at radius 3 is 2.11 bits per heavy atom. The molecule has 0 saturated heterocycles. The summed E-state index contributed by atoms with van der Waals surface area (Å²) in [7, 11) is 0. The van der Waals surface area contributed by atoms with E-state index in [2.05, 4.69) is 41.7 Å². The fraction of sp³-hybridized carbons (Fsp3) is 0.174. The van der Waals surface area contributed by atoms with Gasteiger partial charge in [0, 0.05) is 16.3 Å². The molecule has 136 valence electrons. The van der Waals surface area contributed by atoms with Gasteiger partial charge in [0.2, 0.25) is 5.91 Å². The van der Waals surface area contributed by atoms with Gasteiger partial charge in [-0.15, -0.1) is 11.8 Å². The van der Waals surface area contributed by atoms with Gasteiger partial charge >= 0.3 is 0 Å². The van der Waals surface area contributed by atoms with Crippen LogP contribution in [0, 0.1) is 0 Å². The molecule has 0 radical (unpaired) electrons. The van der Waals surface area contributed by atoms with Gasteiger partial charge in [-0.25, -0.2) is 0 Å². The number of rotatable bonds is 5. The molecule has 0 saturated carbocycles. The average molecular weight is 375 g/mol. The Bertz CT molecular complexity index is 913. The lowest BCUT2D eigenvalue weighted by atomic mass is 9.96. The van der Waals surface area contributed by atoms with E-state index in [0.717, 1.165) is 11.4 Å². The Hall–Kier alpha value is -2.56. The van der Waals surface area contributed by atoms with Crippen molar-refractivity contribution >= 4 is 23.4 Å². The first-order chi connectivity index (χ1) is 13.1. The maximum Gasteiger partial charge on any atom is 0.245 e. The van der Waals surface area contributed by atoms with Gasteiger partial charge < -0.3 is 11.1 Å². The van der Waals surface area contributed by atoms with E-state index in [4.69, 9.17) is 5.73 Å². The van der Waals surface area contributed by atoms with Crippen LogP contribution in [0.25, 0.3) is 0 Å². The van der Waals surface area contributed by atoms with Crippen molar-refractivity contribution in [2.24, 2.45) is 5.73 Å². The van der Waals surface area contributed by atoms with Crippen molar-refractivity contribution in [2.45, 2.75) is 29.0 Å². The molecule has 0 fully saturated rings. The Morgan fingerprint density at radius 2 is 1.48 bits per heavy atom. The van der Waals surface area contributed by atoms with Crippen molar-refractivity contribution in [2.75, 3.05) is 5.32 Å². The van der Waals surface area contributed by atoms with Crippen LogP contribution in [0.1, 0.15) is 16.7 Å². The first kappa shape index (κ1) is 17.8. The third-order valence-electron chi connectivity index (χ3n) is 4.94. The zero-order chi connectivity index (χ0) is 18.7. The third kappa shape index (κ3) is 4.07. The Kier molecular flexibility index (Phi) is 5.01. The molecule has 3 N–H and O–H groups in total. The minimum absolute atomic E-state index is 0.122. The lowest BCUT2D eigenvalue weighted by Gasteiger charge is -2.22. The molecule has 0 atom stereocenters. The second kappa shape index (κ2) is 7.59. The summed E-state index contributed by atoms with van der Waals surface area (Å²) in [5, 5.41) is 2.99. The highest BCUT2D eigenvalue weighted by Gasteiger charge is 2.40. The number of hydrogen-bond acceptors (Lipinski definition) is 3. The smallest absolute Gasteiger partial charge is 0.245 e. The highest BCUT2D eigenvalue weighted by molar-refractivity contribution is 7.98. The zero-order valence-electron chi connectivity index (χ0n) is 15.0. The summed E-state index contributed by atoms with van der Waals surface area (Å²) in [6.45, 7) is 0. The highest BCUT2D eigenvalue weighted by atomic mass is 32.2. The molecule has 0 unspecified atom stereocenters. The Balaban J connectivity index is 1.36. The quantitative estimate of drug-likeness (QED) is 0.650. The van der Waals surface area contributed by atoms with E-state index in [0.29, 0.717) is 12.8 Å². The fourth-order valence-corrected chi connectivity index (χ4v) is 4.29. The van der Waals surface area contributed by atoms with Gasteiger partial charge in [0.15, 0.2) is 0 Å². The molecule has 0 bridgehead atoms. The summed E-state index contributed by atoms with van der Waals surface area (Å²) in [4.78, 5) is 13.9. The topological polar surface area (TPSA) is 55.1 Å². The van der Waals surface area contributed by atoms with E-state index >= 15 is 0 Å². The number of anilines is 1. The van der Waals surface area contributed by atoms with Gasteiger partial charge in [-0.3, -0.25) is 4.79 Å². The molecular weight excluding hydrogens is 352 g/mol.